The van der Waals surface area contributed by atoms with Gasteiger partial charge in [-0.3, -0.25) is 4.90 Å². The van der Waals surface area contributed by atoms with E-state index in [9.17, 15) is 0 Å². The molecule has 0 spiro atoms. The second-order valence-corrected chi connectivity index (χ2v) is 5.19. The van der Waals surface area contributed by atoms with Gasteiger partial charge in [0, 0.05) is 6.54 Å². The molecule has 0 bridgehead atoms. The molecule has 2 heteroatoms. The summed E-state index contributed by atoms with van der Waals surface area (Å²) < 4.78 is 6.19. The van der Waals surface area contributed by atoms with Crippen molar-refractivity contribution in [1.82, 2.24) is 4.90 Å². The molecular weight excluding hydrogens is 210 g/mol. The molecule has 2 aliphatic rings. The summed E-state index contributed by atoms with van der Waals surface area (Å²) in [6.07, 6.45) is 4.93. The lowest BCUT2D eigenvalue weighted by atomic mass is 9.94. The van der Waals surface area contributed by atoms with E-state index in [1.165, 1.54) is 31.4 Å². The third-order valence-corrected chi connectivity index (χ3v) is 4.36. The van der Waals surface area contributed by atoms with E-state index in [0.717, 1.165) is 13.0 Å². The smallest absolute Gasteiger partial charge is 0.122 e. The van der Waals surface area contributed by atoms with Crippen molar-refractivity contribution >= 4 is 0 Å². The maximum absolute atomic E-state index is 6.19. The summed E-state index contributed by atoms with van der Waals surface area (Å²) in [5, 5.41) is 0. The average molecular weight is 231 g/mol. The van der Waals surface area contributed by atoms with E-state index < -0.39 is 0 Å². The number of hydrogen-bond acceptors (Lipinski definition) is 2. The molecule has 1 aromatic rings. The van der Waals surface area contributed by atoms with E-state index in [4.69, 9.17) is 4.74 Å². The Morgan fingerprint density at radius 2 is 2.12 bits per heavy atom. The van der Waals surface area contributed by atoms with Crippen LogP contribution in [0.3, 0.4) is 0 Å². The van der Waals surface area contributed by atoms with Crippen LogP contribution in [0.2, 0.25) is 0 Å². The van der Waals surface area contributed by atoms with Crippen molar-refractivity contribution in [2.24, 2.45) is 0 Å². The summed E-state index contributed by atoms with van der Waals surface area (Å²) in [4.78, 5) is 2.60. The Morgan fingerprint density at radius 3 is 2.88 bits per heavy atom. The van der Waals surface area contributed by atoms with Gasteiger partial charge in [-0.15, -0.1) is 0 Å². The zero-order chi connectivity index (χ0) is 11.7. The van der Waals surface area contributed by atoms with Gasteiger partial charge in [0.2, 0.25) is 0 Å². The van der Waals surface area contributed by atoms with Crippen LogP contribution < -0.4 is 0 Å². The predicted molar refractivity (Wildman–Crippen MR) is 68.7 cm³/mol. The fraction of sp³-hybridized carbons (Fsp3) is 0.600. The van der Waals surface area contributed by atoms with Gasteiger partial charge in [0.1, 0.15) is 5.72 Å². The lowest BCUT2D eigenvalue weighted by Gasteiger charge is -2.42. The highest BCUT2D eigenvalue weighted by molar-refractivity contribution is 5.21. The minimum absolute atomic E-state index is 0.0404. The van der Waals surface area contributed by atoms with Crippen molar-refractivity contribution in [3.8, 4) is 0 Å². The quantitative estimate of drug-likeness (QED) is 0.774. The highest BCUT2D eigenvalue weighted by atomic mass is 16.5. The summed E-state index contributed by atoms with van der Waals surface area (Å²) in [5.74, 6) is 0. The highest BCUT2D eigenvalue weighted by Gasteiger charge is 2.47. The third kappa shape index (κ3) is 1.80. The summed E-state index contributed by atoms with van der Waals surface area (Å²) in [7, 11) is 0. The van der Waals surface area contributed by atoms with Crippen LogP contribution in [0.15, 0.2) is 30.3 Å². The molecule has 1 aromatic carbocycles. The van der Waals surface area contributed by atoms with Crippen molar-refractivity contribution in [2.75, 3.05) is 13.2 Å². The molecule has 2 heterocycles. The lowest BCUT2D eigenvalue weighted by Crippen LogP contribution is -2.48. The van der Waals surface area contributed by atoms with E-state index >= 15 is 0 Å². The van der Waals surface area contributed by atoms with Crippen molar-refractivity contribution in [1.29, 1.82) is 0 Å². The van der Waals surface area contributed by atoms with Crippen molar-refractivity contribution < 1.29 is 4.74 Å². The molecule has 0 saturated carbocycles. The predicted octanol–water partition coefficient (Wildman–Crippen LogP) is 3.35. The van der Waals surface area contributed by atoms with Gasteiger partial charge in [-0.25, -0.2) is 0 Å². The van der Waals surface area contributed by atoms with E-state index in [1.807, 2.05) is 0 Å². The first-order valence-corrected chi connectivity index (χ1v) is 6.81. The standard InChI is InChI=1S/C15H21NO/c1-2-15-10-6-7-11-16(15)14(12-17-15)13-8-4-3-5-9-13/h3-5,8-9,14H,2,6-7,10-12H2,1H3/t14-,15-/m0/s1. The molecule has 0 amide bonds. The first kappa shape index (κ1) is 11.2. The molecule has 2 fully saturated rings. The van der Waals surface area contributed by atoms with Gasteiger partial charge in [-0.1, -0.05) is 37.3 Å². The minimum Gasteiger partial charge on any atom is -0.358 e. The molecule has 0 aromatic heterocycles. The zero-order valence-corrected chi connectivity index (χ0v) is 10.6. The van der Waals surface area contributed by atoms with Crippen molar-refractivity contribution in [3.63, 3.8) is 0 Å². The maximum atomic E-state index is 6.19. The van der Waals surface area contributed by atoms with Gasteiger partial charge >= 0.3 is 0 Å². The molecule has 0 N–H and O–H groups in total. The van der Waals surface area contributed by atoms with Crippen LogP contribution in [-0.2, 0) is 4.74 Å². The van der Waals surface area contributed by atoms with E-state index in [1.54, 1.807) is 0 Å². The van der Waals surface area contributed by atoms with Gasteiger partial charge < -0.3 is 4.74 Å². The molecule has 0 unspecified atom stereocenters. The minimum atomic E-state index is 0.0404. The SMILES string of the molecule is CC[C@]12CCCCN1[C@H](c1ccccc1)CO2. The number of fused-ring (bicyclic) bond motifs is 1. The van der Waals surface area contributed by atoms with Crippen molar-refractivity contribution in [3.05, 3.63) is 35.9 Å². The molecule has 17 heavy (non-hydrogen) atoms. The molecule has 2 nitrogen and oxygen atoms in total. The molecule has 2 atom stereocenters. The Hall–Kier alpha value is -0.860. The summed E-state index contributed by atoms with van der Waals surface area (Å²) >= 11 is 0. The highest BCUT2D eigenvalue weighted by Crippen LogP contribution is 2.44. The van der Waals surface area contributed by atoms with Gasteiger partial charge in [0.25, 0.3) is 0 Å². The Morgan fingerprint density at radius 1 is 1.29 bits per heavy atom. The fourth-order valence-electron chi connectivity index (χ4n) is 3.38. The van der Waals surface area contributed by atoms with E-state index in [-0.39, 0.29) is 5.72 Å². The average Bonchev–Trinajstić information content (AvgIpc) is 2.80. The van der Waals surface area contributed by atoms with E-state index in [2.05, 4.69) is 42.2 Å². The topological polar surface area (TPSA) is 12.5 Å². The normalized spacial score (nSPS) is 33.6. The van der Waals surface area contributed by atoms with Crippen LogP contribution in [-0.4, -0.2) is 23.8 Å². The Balaban J connectivity index is 1.89. The van der Waals surface area contributed by atoms with Gasteiger partial charge in [-0.2, -0.15) is 0 Å². The fourth-order valence-corrected chi connectivity index (χ4v) is 3.38. The van der Waals surface area contributed by atoms with Gasteiger partial charge in [0.15, 0.2) is 0 Å². The molecule has 3 rings (SSSR count). The van der Waals surface area contributed by atoms with Crippen LogP contribution in [0, 0.1) is 0 Å². The zero-order valence-electron chi connectivity index (χ0n) is 10.6. The van der Waals surface area contributed by atoms with Crippen LogP contribution in [0.5, 0.6) is 0 Å². The Labute approximate surface area is 104 Å². The van der Waals surface area contributed by atoms with Crippen LogP contribution >= 0.6 is 0 Å². The Kier molecular flexibility index (Phi) is 2.93. The largest absolute Gasteiger partial charge is 0.358 e. The van der Waals surface area contributed by atoms with Gasteiger partial charge in [-0.05, 0) is 31.2 Å². The molecule has 92 valence electrons. The number of piperidine rings is 1. The van der Waals surface area contributed by atoms with Crippen LogP contribution in [0.25, 0.3) is 0 Å². The number of hydrogen-bond donors (Lipinski definition) is 0. The first-order chi connectivity index (χ1) is 8.36. The maximum Gasteiger partial charge on any atom is 0.122 e. The first-order valence-electron chi connectivity index (χ1n) is 6.81. The van der Waals surface area contributed by atoms with E-state index in [0.29, 0.717) is 6.04 Å². The Bertz CT molecular complexity index is 378. The molecule has 2 aliphatic heterocycles. The number of rotatable bonds is 2. The van der Waals surface area contributed by atoms with Gasteiger partial charge in [0.05, 0.1) is 12.6 Å². The monoisotopic (exact) mass is 231 g/mol. The third-order valence-electron chi connectivity index (χ3n) is 4.36. The van der Waals surface area contributed by atoms with Crippen LogP contribution in [0.4, 0.5) is 0 Å². The summed E-state index contributed by atoms with van der Waals surface area (Å²) in [5.41, 5.74) is 1.45. The molecule has 0 aliphatic carbocycles. The summed E-state index contributed by atoms with van der Waals surface area (Å²) in [6.45, 7) is 4.30. The molecule has 0 radical (unpaired) electrons. The number of ether oxygens (including phenoxy) is 1. The molecular formula is C15H21NO. The second kappa shape index (κ2) is 4.43. The summed E-state index contributed by atoms with van der Waals surface area (Å²) in [6, 6.07) is 11.3. The lowest BCUT2D eigenvalue weighted by molar-refractivity contribution is -0.110. The van der Waals surface area contributed by atoms with Crippen LogP contribution in [0.1, 0.15) is 44.2 Å². The number of benzene rings is 1. The second-order valence-electron chi connectivity index (χ2n) is 5.19. The van der Waals surface area contributed by atoms with Crippen molar-refractivity contribution in [2.45, 2.75) is 44.4 Å². The molecule has 2 saturated heterocycles. The number of nitrogens with zero attached hydrogens (tertiary/aromatic N) is 1.